The Morgan fingerprint density at radius 3 is 2.79 bits per heavy atom. The number of urea groups is 1. The maximum absolute atomic E-state index is 12.5. The zero-order chi connectivity index (χ0) is 16.9. The van der Waals surface area contributed by atoms with E-state index in [0.717, 1.165) is 18.4 Å². The van der Waals surface area contributed by atoms with Gasteiger partial charge >= 0.3 is 6.03 Å². The summed E-state index contributed by atoms with van der Waals surface area (Å²) in [7, 11) is 0. The monoisotopic (exact) mass is 326 g/mol. The van der Waals surface area contributed by atoms with E-state index in [9.17, 15) is 14.9 Å². The van der Waals surface area contributed by atoms with Crippen LogP contribution in [0.5, 0.6) is 0 Å². The van der Waals surface area contributed by atoms with Gasteiger partial charge in [0.05, 0.1) is 17.5 Å². The molecule has 1 fully saturated rings. The highest BCUT2D eigenvalue weighted by atomic mass is 16.6. The molecule has 7 nitrogen and oxygen atoms in total. The van der Waals surface area contributed by atoms with Gasteiger partial charge in [-0.25, -0.2) is 4.79 Å². The largest absolute Gasteiger partial charge is 0.334 e. The van der Waals surface area contributed by atoms with Crippen LogP contribution < -0.4 is 5.32 Å². The number of nitrogens with zero attached hydrogens (tertiary/aromatic N) is 3. The fourth-order valence-electron chi connectivity index (χ4n) is 3.05. The molecule has 1 atom stereocenters. The first-order chi connectivity index (χ1) is 11.7. The number of rotatable bonds is 4. The van der Waals surface area contributed by atoms with Crippen molar-refractivity contribution < 1.29 is 9.72 Å². The molecule has 1 aliphatic rings. The van der Waals surface area contributed by atoms with Crippen LogP contribution in [0.4, 0.5) is 10.5 Å². The first kappa shape index (κ1) is 15.9. The molecule has 0 unspecified atom stereocenters. The molecule has 3 rings (SSSR count). The average Bonchev–Trinajstić information content (AvgIpc) is 3.10. The third kappa shape index (κ3) is 3.34. The first-order valence-electron chi connectivity index (χ1n) is 7.83. The van der Waals surface area contributed by atoms with Gasteiger partial charge < -0.3 is 10.2 Å². The first-order valence-corrected chi connectivity index (χ1v) is 7.83. The molecule has 7 heteroatoms. The van der Waals surface area contributed by atoms with Crippen molar-refractivity contribution in [2.24, 2.45) is 0 Å². The third-order valence-corrected chi connectivity index (χ3v) is 4.22. The van der Waals surface area contributed by atoms with Gasteiger partial charge in [-0.3, -0.25) is 15.1 Å². The Kier molecular flexibility index (Phi) is 4.69. The number of likely N-dealkylation sites (tertiary alicyclic amines) is 1. The Morgan fingerprint density at radius 1 is 1.29 bits per heavy atom. The standard InChI is InChI=1S/C17H18N4O3/c22-17(19-12-14-4-1-2-5-16(14)21(23)24)20-11-3-6-15(20)13-7-9-18-10-8-13/h1-2,4-5,7-10,15H,3,6,11-12H2,(H,19,22)/t15-/m1/s1. The smallest absolute Gasteiger partial charge is 0.318 e. The van der Waals surface area contributed by atoms with Crippen LogP contribution in [0.25, 0.3) is 0 Å². The minimum absolute atomic E-state index is 0.0184. The van der Waals surface area contributed by atoms with Gasteiger partial charge in [0.15, 0.2) is 0 Å². The second-order valence-electron chi connectivity index (χ2n) is 5.68. The van der Waals surface area contributed by atoms with Crippen LogP contribution in [0.2, 0.25) is 0 Å². The number of para-hydroxylation sites is 1. The third-order valence-electron chi connectivity index (χ3n) is 4.22. The summed E-state index contributed by atoms with van der Waals surface area (Å²) in [5, 5.41) is 13.8. The number of pyridine rings is 1. The molecule has 0 radical (unpaired) electrons. The van der Waals surface area contributed by atoms with Crippen molar-refractivity contribution in [2.75, 3.05) is 6.54 Å². The summed E-state index contributed by atoms with van der Waals surface area (Å²) in [4.78, 5) is 28.9. The van der Waals surface area contributed by atoms with Crippen LogP contribution in [0.15, 0.2) is 48.8 Å². The number of nitro benzene ring substituents is 1. The van der Waals surface area contributed by atoms with Crippen molar-refractivity contribution in [2.45, 2.75) is 25.4 Å². The highest BCUT2D eigenvalue weighted by molar-refractivity contribution is 5.75. The number of hydrogen-bond acceptors (Lipinski definition) is 4. The lowest BCUT2D eigenvalue weighted by Crippen LogP contribution is -2.39. The van der Waals surface area contributed by atoms with Crippen LogP contribution >= 0.6 is 0 Å². The maximum atomic E-state index is 12.5. The molecule has 124 valence electrons. The van der Waals surface area contributed by atoms with Crippen LogP contribution in [0, 0.1) is 10.1 Å². The highest BCUT2D eigenvalue weighted by Gasteiger charge is 2.30. The minimum atomic E-state index is -0.433. The van der Waals surface area contributed by atoms with Gasteiger partial charge in [0.2, 0.25) is 0 Å². The van der Waals surface area contributed by atoms with E-state index in [0.29, 0.717) is 12.1 Å². The van der Waals surface area contributed by atoms with Crippen molar-refractivity contribution >= 4 is 11.7 Å². The SMILES string of the molecule is O=C(NCc1ccccc1[N+](=O)[O-])N1CCC[C@@H]1c1ccncc1. The molecule has 0 saturated carbocycles. The van der Waals surface area contributed by atoms with Gasteiger partial charge in [-0.1, -0.05) is 18.2 Å². The fraction of sp³-hybridized carbons (Fsp3) is 0.294. The molecule has 1 aromatic heterocycles. The van der Waals surface area contributed by atoms with E-state index < -0.39 is 4.92 Å². The van der Waals surface area contributed by atoms with Crippen molar-refractivity contribution in [3.63, 3.8) is 0 Å². The quantitative estimate of drug-likeness (QED) is 0.691. The predicted molar refractivity (Wildman–Crippen MR) is 88.3 cm³/mol. The highest BCUT2D eigenvalue weighted by Crippen LogP contribution is 2.31. The molecule has 2 amide bonds. The summed E-state index contributed by atoms with van der Waals surface area (Å²) in [6, 6.07) is 10.1. The lowest BCUT2D eigenvalue weighted by atomic mass is 10.1. The number of carbonyl (C=O) groups is 1. The second kappa shape index (κ2) is 7.08. The molecule has 0 aliphatic carbocycles. The molecule has 1 aromatic carbocycles. The zero-order valence-corrected chi connectivity index (χ0v) is 13.1. The van der Waals surface area contributed by atoms with E-state index >= 15 is 0 Å². The summed E-state index contributed by atoms with van der Waals surface area (Å²) < 4.78 is 0. The van der Waals surface area contributed by atoms with Crippen molar-refractivity contribution in [3.05, 3.63) is 70.0 Å². The molecule has 0 bridgehead atoms. The Labute approximate surface area is 139 Å². The molecule has 1 N–H and O–H groups in total. The molecule has 24 heavy (non-hydrogen) atoms. The van der Waals surface area contributed by atoms with E-state index in [4.69, 9.17) is 0 Å². The summed E-state index contributed by atoms with van der Waals surface area (Å²) in [5.74, 6) is 0. The Morgan fingerprint density at radius 2 is 2.04 bits per heavy atom. The Balaban J connectivity index is 1.68. The molecule has 2 aromatic rings. The summed E-state index contributed by atoms with van der Waals surface area (Å²) in [5.41, 5.74) is 1.57. The topological polar surface area (TPSA) is 88.4 Å². The van der Waals surface area contributed by atoms with Crippen LogP contribution in [0.1, 0.15) is 30.0 Å². The lowest BCUT2D eigenvalue weighted by molar-refractivity contribution is -0.385. The van der Waals surface area contributed by atoms with Gasteiger partial charge in [-0.2, -0.15) is 0 Å². The number of nitrogens with one attached hydrogen (secondary N) is 1. The van der Waals surface area contributed by atoms with Gasteiger partial charge in [0.1, 0.15) is 0 Å². The maximum Gasteiger partial charge on any atom is 0.318 e. The van der Waals surface area contributed by atoms with Gasteiger partial charge in [-0.15, -0.1) is 0 Å². The predicted octanol–water partition coefficient (Wildman–Crippen LogP) is 3.04. The Bertz CT molecular complexity index is 736. The van der Waals surface area contributed by atoms with E-state index in [2.05, 4.69) is 10.3 Å². The number of aromatic nitrogens is 1. The van der Waals surface area contributed by atoms with Gasteiger partial charge in [0, 0.05) is 30.6 Å². The average molecular weight is 326 g/mol. The Hall–Kier alpha value is -2.96. The number of nitro groups is 1. The number of hydrogen-bond donors (Lipinski definition) is 1. The summed E-state index contributed by atoms with van der Waals surface area (Å²) in [6.45, 7) is 0.811. The normalized spacial score (nSPS) is 16.8. The molecular weight excluding hydrogens is 308 g/mol. The number of carbonyl (C=O) groups excluding carboxylic acids is 1. The summed E-state index contributed by atoms with van der Waals surface area (Å²) in [6.07, 6.45) is 5.28. The van der Waals surface area contributed by atoms with Crippen LogP contribution in [-0.2, 0) is 6.54 Å². The second-order valence-corrected chi connectivity index (χ2v) is 5.68. The van der Waals surface area contributed by atoms with Crippen LogP contribution in [0.3, 0.4) is 0 Å². The van der Waals surface area contributed by atoms with Crippen LogP contribution in [-0.4, -0.2) is 27.4 Å². The van der Waals surface area contributed by atoms with Crippen molar-refractivity contribution in [3.8, 4) is 0 Å². The van der Waals surface area contributed by atoms with E-state index in [1.807, 2.05) is 12.1 Å². The fourth-order valence-corrected chi connectivity index (χ4v) is 3.05. The zero-order valence-electron chi connectivity index (χ0n) is 13.1. The van der Waals surface area contributed by atoms with Crippen molar-refractivity contribution in [1.29, 1.82) is 0 Å². The lowest BCUT2D eigenvalue weighted by Gasteiger charge is -2.25. The molecular formula is C17H18N4O3. The van der Waals surface area contributed by atoms with E-state index in [-0.39, 0.29) is 24.3 Å². The molecule has 0 spiro atoms. The van der Waals surface area contributed by atoms with E-state index in [1.165, 1.54) is 6.07 Å². The van der Waals surface area contributed by atoms with Gasteiger partial charge in [0.25, 0.3) is 5.69 Å². The molecule has 1 aliphatic heterocycles. The summed E-state index contributed by atoms with van der Waals surface area (Å²) >= 11 is 0. The minimum Gasteiger partial charge on any atom is -0.334 e. The van der Waals surface area contributed by atoms with Gasteiger partial charge in [-0.05, 0) is 30.5 Å². The molecule has 1 saturated heterocycles. The number of amides is 2. The van der Waals surface area contributed by atoms with E-state index in [1.54, 1.807) is 35.5 Å². The van der Waals surface area contributed by atoms with Crippen molar-refractivity contribution in [1.82, 2.24) is 15.2 Å². The molecule has 2 heterocycles. The number of benzene rings is 1.